The van der Waals surface area contributed by atoms with Crippen LogP contribution in [0.5, 0.6) is 0 Å². The number of fused-ring (bicyclic) bond motifs is 2. The molecule has 0 radical (unpaired) electrons. The fourth-order valence-electron chi connectivity index (χ4n) is 5.74. The summed E-state index contributed by atoms with van der Waals surface area (Å²) in [5.41, 5.74) is 4.64. The maximum absolute atomic E-state index is 13.5. The Balaban J connectivity index is 1.05. The number of nitrogens with zero attached hydrogens (tertiary/aromatic N) is 5. The summed E-state index contributed by atoms with van der Waals surface area (Å²) in [5, 5.41) is 2.93. The third-order valence-electron chi connectivity index (χ3n) is 7.92. The Labute approximate surface area is 240 Å². The average Bonchev–Trinajstić information content (AvgIpc) is 3.50. The van der Waals surface area contributed by atoms with E-state index in [1.165, 1.54) is 16.3 Å². The first-order chi connectivity index (χ1) is 18.8. The first-order valence-corrected chi connectivity index (χ1v) is 14.6. The molecular weight excluding hydrogens is 559 g/mol. The van der Waals surface area contributed by atoms with Gasteiger partial charge in [-0.2, -0.15) is 0 Å². The van der Waals surface area contributed by atoms with E-state index in [1.807, 2.05) is 41.0 Å². The van der Waals surface area contributed by atoms with E-state index in [1.54, 1.807) is 18.2 Å². The summed E-state index contributed by atoms with van der Waals surface area (Å²) in [6, 6.07) is 12.3. The van der Waals surface area contributed by atoms with E-state index in [9.17, 15) is 14.4 Å². The molecule has 3 saturated heterocycles. The normalized spacial score (nSPS) is 24.1. The molecule has 3 amide bonds. The molecule has 39 heavy (non-hydrogen) atoms. The highest BCUT2D eigenvalue weighted by Gasteiger charge is 2.51. The third kappa shape index (κ3) is 5.00. The van der Waals surface area contributed by atoms with Gasteiger partial charge >= 0.3 is 0 Å². The van der Waals surface area contributed by atoms with Crippen molar-refractivity contribution in [2.24, 2.45) is 5.92 Å². The van der Waals surface area contributed by atoms with E-state index >= 15 is 0 Å². The van der Waals surface area contributed by atoms with Crippen LogP contribution in [0.3, 0.4) is 0 Å². The van der Waals surface area contributed by atoms with Gasteiger partial charge in [0.1, 0.15) is 0 Å². The predicted molar refractivity (Wildman–Crippen MR) is 152 cm³/mol. The first kappa shape index (κ1) is 26.5. The molecule has 6 rings (SSSR count). The number of rotatable bonds is 5. The van der Waals surface area contributed by atoms with Crippen LogP contribution in [0.25, 0.3) is 10.2 Å². The van der Waals surface area contributed by atoms with Crippen LogP contribution in [0.2, 0.25) is 10.0 Å². The monoisotopic (exact) mass is 586 g/mol. The van der Waals surface area contributed by atoms with Crippen molar-refractivity contribution in [2.45, 2.75) is 25.4 Å². The molecule has 0 aliphatic carbocycles. The van der Waals surface area contributed by atoms with Crippen molar-refractivity contribution >= 4 is 67.6 Å². The van der Waals surface area contributed by atoms with Crippen molar-refractivity contribution in [1.82, 2.24) is 25.1 Å². The van der Waals surface area contributed by atoms with Crippen LogP contribution in [0, 0.1) is 5.92 Å². The second kappa shape index (κ2) is 10.7. The average molecular weight is 588 g/mol. The molecule has 12 heteroatoms. The zero-order chi connectivity index (χ0) is 27.3. The second-order valence-corrected chi connectivity index (χ2v) is 12.0. The molecule has 3 atom stereocenters. The number of thiazole rings is 1. The number of halogens is 2. The number of amides is 3. The number of hydrazine groups is 1. The number of piperazine rings is 1. The lowest BCUT2D eigenvalue weighted by atomic mass is 9.86. The number of likely N-dealkylation sites (tertiary alicyclic amines) is 1. The van der Waals surface area contributed by atoms with Crippen LogP contribution in [-0.4, -0.2) is 88.8 Å². The number of anilines is 1. The largest absolute Gasteiger partial charge is 0.338 e. The predicted octanol–water partition coefficient (Wildman–Crippen LogP) is 3.52. The first-order valence-electron chi connectivity index (χ1n) is 13.0. The minimum atomic E-state index is -0.324. The van der Waals surface area contributed by atoms with Crippen LogP contribution in [0.4, 0.5) is 5.13 Å². The Bertz CT molecular complexity index is 1410. The molecule has 3 fully saturated rings. The van der Waals surface area contributed by atoms with Crippen LogP contribution in [0.15, 0.2) is 42.5 Å². The minimum Gasteiger partial charge on any atom is -0.338 e. The fraction of sp³-hybridized carbons (Fsp3) is 0.407. The number of aromatic nitrogens is 1. The van der Waals surface area contributed by atoms with E-state index in [-0.39, 0.29) is 42.1 Å². The van der Waals surface area contributed by atoms with E-state index in [4.69, 9.17) is 23.2 Å². The summed E-state index contributed by atoms with van der Waals surface area (Å²) >= 11 is 13.5. The second-order valence-electron chi connectivity index (χ2n) is 10.2. The van der Waals surface area contributed by atoms with Gasteiger partial charge in [0.25, 0.3) is 5.91 Å². The van der Waals surface area contributed by atoms with Gasteiger partial charge in [0, 0.05) is 63.3 Å². The summed E-state index contributed by atoms with van der Waals surface area (Å²) in [6.07, 6.45) is 0.272. The third-order valence-corrected chi connectivity index (χ3v) is 9.68. The van der Waals surface area contributed by atoms with Gasteiger partial charge in [-0.3, -0.25) is 19.3 Å². The lowest BCUT2D eigenvalue weighted by Crippen LogP contribution is -2.57. The van der Waals surface area contributed by atoms with E-state index in [0.717, 1.165) is 10.2 Å². The number of nitrogens with one attached hydrogen (secondary N) is 1. The molecule has 0 bridgehead atoms. The van der Waals surface area contributed by atoms with E-state index < -0.39 is 0 Å². The van der Waals surface area contributed by atoms with E-state index in [0.29, 0.717) is 60.0 Å². The zero-order valence-electron chi connectivity index (χ0n) is 21.3. The summed E-state index contributed by atoms with van der Waals surface area (Å²) < 4.78 is 1.02. The number of benzene rings is 2. The van der Waals surface area contributed by atoms with Crippen molar-refractivity contribution in [3.05, 3.63) is 58.1 Å². The molecule has 1 aromatic heterocycles. The van der Waals surface area contributed by atoms with Crippen molar-refractivity contribution in [3.63, 3.8) is 0 Å². The van der Waals surface area contributed by atoms with E-state index in [2.05, 4.69) is 15.3 Å². The summed E-state index contributed by atoms with van der Waals surface area (Å²) in [6.45, 7) is 5.79. The maximum Gasteiger partial charge on any atom is 0.253 e. The highest BCUT2D eigenvalue weighted by atomic mass is 35.5. The standard InChI is InChI=1S/C27H28Cl2N6O3S/c1-16-24-21(31-35(26(24)38)27-30-20-4-2-3-5-22(20)39-27)15-23(36)34(16)13-10-32-8-11-33(12-9-32)25(37)17-6-7-18(28)19(29)14-17/h2-7,14,16,21,24,31H,8-13,15H2,1H3. The lowest BCUT2D eigenvalue weighted by molar-refractivity contribution is -0.141. The summed E-state index contributed by atoms with van der Waals surface area (Å²) in [7, 11) is 0. The molecule has 3 aromatic rings. The fourth-order valence-corrected chi connectivity index (χ4v) is 6.98. The van der Waals surface area contributed by atoms with Crippen LogP contribution < -0.4 is 10.4 Å². The summed E-state index contributed by atoms with van der Waals surface area (Å²) in [5.74, 6) is -0.387. The Morgan fingerprint density at radius 1 is 1.05 bits per heavy atom. The topological polar surface area (TPSA) is 89.1 Å². The van der Waals surface area contributed by atoms with Crippen molar-refractivity contribution in [1.29, 1.82) is 0 Å². The van der Waals surface area contributed by atoms with Crippen LogP contribution in [0.1, 0.15) is 23.7 Å². The van der Waals surface area contributed by atoms with Gasteiger partial charge in [0.05, 0.1) is 26.2 Å². The molecule has 9 nitrogen and oxygen atoms in total. The molecule has 3 unspecified atom stereocenters. The van der Waals surface area contributed by atoms with Gasteiger partial charge in [-0.25, -0.2) is 15.4 Å². The van der Waals surface area contributed by atoms with Gasteiger partial charge in [-0.1, -0.05) is 46.7 Å². The SMILES string of the molecule is CC1C2C(=O)N(c3nc4ccccc4s3)NC2CC(=O)N1CCN1CCN(C(=O)c2ccc(Cl)c(Cl)c2)CC1. The van der Waals surface area contributed by atoms with Gasteiger partial charge in [-0.15, -0.1) is 0 Å². The van der Waals surface area contributed by atoms with Crippen LogP contribution in [-0.2, 0) is 9.59 Å². The molecule has 0 spiro atoms. The Hall–Kier alpha value is -2.76. The summed E-state index contributed by atoms with van der Waals surface area (Å²) in [4.78, 5) is 50.0. The van der Waals surface area contributed by atoms with Gasteiger partial charge in [0.15, 0.2) is 0 Å². The van der Waals surface area contributed by atoms with Gasteiger partial charge in [0.2, 0.25) is 16.9 Å². The molecule has 4 heterocycles. The molecule has 3 aliphatic heterocycles. The van der Waals surface area contributed by atoms with Crippen molar-refractivity contribution in [3.8, 4) is 0 Å². The number of hydrogen-bond donors (Lipinski definition) is 1. The molecular formula is C27H28Cl2N6O3S. The molecule has 3 aliphatic rings. The van der Waals surface area contributed by atoms with Gasteiger partial charge < -0.3 is 9.80 Å². The molecule has 0 saturated carbocycles. The Morgan fingerprint density at radius 3 is 2.56 bits per heavy atom. The smallest absolute Gasteiger partial charge is 0.253 e. The highest BCUT2D eigenvalue weighted by Crippen LogP contribution is 2.36. The Kier molecular flexibility index (Phi) is 7.24. The van der Waals surface area contributed by atoms with Crippen LogP contribution >= 0.6 is 34.5 Å². The highest BCUT2D eigenvalue weighted by molar-refractivity contribution is 7.22. The number of para-hydroxylation sites is 1. The lowest BCUT2D eigenvalue weighted by Gasteiger charge is -2.41. The number of piperidine rings is 1. The van der Waals surface area contributed by atoms with Gasteiger partial charge in [-0.05, 0) is 37.3 Å². The number of hydrogen-bond acceptors (Lipinski definition) is 7. The molecule has 1 N–H and O–H groups in total. The number of carbonyl (C=O) groups excluding carboxylic acids is 3. The van der Waals surface area contributed by atoms with Crippen molar-refractivity contribution in [2.75, 3.05) is 44.3 Å². The zero-order valence-corrected chi connectivity index (χ0v) is 23.7. The van der Waals surface area contributed by atoms with Crippen molar-refractivity contribution < 1.29 is 14.4 Å². The minimum absolute atomic E-state index is 0.0431. The number of carbonyl (C=O) groups is 3. The molecule has 2 aromatic carbocycles. The molecule has 204 valence electrons. The maximum atomic E-state index is 13.5. The Morgan fingerprint density at radius 2 is 1.82 bits per heavy atom. The quantitative estimate of drug-likeness (QED) is 0.492.